The fourth-order valence-electron chi connectivity index (χ4n) is 1.74. The van der Waals surface area contributed by atoms with Gasteiger partial charge in [0.15, 0.2) is 0 Å². The van der Waals surface area contributed by atoms with Crippen molar-refractivity contribution in [1.29, 1.82) is 0 Å². The highest BCUT2D eigenvalue weighted by atomic mass is 16.5. The van der Waals surface area contributed by atoms with Crippen LogP contribution in [0.15, 0.2) is 0 Å². The van der Waals surface area contributed by atoms with E-state index in [1.165, 1.54) is 12.8 Å². The van der Waals surface area contributed by atoms with Crippen LogP contribution in [0.5, 0.6) is 0 Å². The largest absolute Gasteiger partial charge is 0.375 e. The second-order valence-electron chi connectivity index (χ2n) is 4.17. The highest BCUT2D eigenvalue weighted by Crippen LogP contribution is 2.33. The van der Waals surface area contributed by atoms with Crippen LogP contribution in [-0.4, -0.2) is 36.6 Å². The third kappa shape index (κ3) is 2.44. The molecular weight excluding hydrogens is 166 g/mol. The van der Waals surface area contributed by atoms with Gasteiger partial charge in [0.1, 0.15) is 0 Å². The molecule has 0 aromatic rings. The molecule has 0 unspecified atom stereocenters. The Hall–Kier alpha value is -0.570. The molecule has 2 aliphatic rings. The smallest absolute Gasteiger partial charge is 0.223 e. The number of hydrogen-bond acceptors (Lipinski definition) is 2. The van der Waals surface area contributed by atoms with E-state index in [1.807, 2.05) is 11.8 Å². The second-order valence-corrected chi connectivity index (χ2v) is 4.17. The molecule has 0 radical (unpaired) electrons. The molecule has 1 aliphatic heterocycles. The zero-order chi connectivity index (χ0) is 9.26. The molecule has 1 amide bonds. The molecule has 0 aromatic heterocycles. The lowest BCUT2D eigenvalue weighted by atomic mass is 10.2. The van der Waals surface area contributed by atoms with E-state index in [9.17, 15) is 4.79 Å². The minimum atomic E-state index is 0.219. The summed E-state index contributed by atoms with van der Waals surface area (Å²) in [6, 6.07) is 0. The third-order valence-corrected chi connectivity index (χ3v) is 2.75. The first-order chi connectivity index (χ1) is 6.25. The molecule has 2 fully saturated rings. The van der Waals surface area contributed by atoms with Gasteiger partial charge >= 0.3 is 0 Å². The van der Waals surface area contributed by atoms with Gasteiger partial charge in [-0.25, -0.2) is 0 Å². The fraction of sp³-hybridized carbons (Fsp3) is 0.900. The van der Waals surface area contributed by atoms with Gasteiger partial charge in [0.05, 0.1) is 12.7 Å². The van der Waals surface area contributed by atoms with Crippen molar-refractivity contribution in [3.05, 3.63) is 0 Å². The van der Waals surface area contributed by atoms with E-state index < -0.39 is 0 Å². The van der Waals surface area contributed by atoms with Crippen LogP contribution in [0.3, 0.4) is 0 Å². The first kappa shape index (κ1) is 9.00. The number of ether oxygens (including phenoxy) is 1. The Labute approximate surface area is 79.0 Å². The van der Waals surface area contributed by atoms with Crippen LogP contribution in [0.25, 0.3) is 0 Å². The molecule has 13 heavy (non-hydrogen) atoms. The summed E-state index contributed by atoms with van der Waals surface area (Å²) < 4.78 is 5.38. The normalized spacial score (nSPS) is 29.0. The molecule has 1 heterocycles. The zero-order valence-electron chi connectivity index (χ0n) is 8.16. The highest BCUT2D eigenvalue weighted by molar-refractivity contribution is 5.76. The molecule has 0 aromatic carbocycles. The van der Waals surface area contributed by atoms with E-state index in [0.29, 0.717) is 18.4 Å². The number of morpholine rings is 1. The lowest BCUT2D eigenvalue weighted by Crippen LogP contribution is -2.44. The molecule has 0 bridgehead atoms. The van der Waals surface area contributed by atoms with Gasteiger partial charge in [-0.2, -0.15) is 0 Å². The molecule has 74 valence electrons. The predicted octanol–water partition coefficient (Wildman–Crippen LogP) is 1.03. The van der Waals surface area contributed by atoms with Crippen LogP contribution in [0.2, 0.25) is 0 Å². The Morgan fingerprint density at radius 1 is 1.54 bits per heavy atom. The Kier molecular flexibility index (Phi) is 2.54. The second kappa shape index (κ2) is 3.66. The van der Waals surface area contributed by atoms with Crippen molar-refractivity contribution in [3.63, 3.8) is 0 Å². The molecule has 2 rings (SSSR count). The zero-order valence-corrected chi connectivity index (χ0v) is 8.16. The topological polar surface area (TPSA) is 29.5 Å². The summed E-state index contributed by atoms with van der Waals surface area (Å²) >= 11 is 0. The van der Waals surface area contributed by atoms with Crippen molar-refractivity contribution in [2.24, 2.45) is 5.92 Å². The molecular formula is C10H17NO2. The minimum Gasteiger partial charge on any atom is -0.375 e. The standard InChI is InChI=1S/C10H17NO2/c1-8-7-11(4-5-13-8)10(12)6-9-2-3-9/h8-9H,2-7H2,1H3/t8-/m0/s1. The number of carbonyl (C=O) groups excluding carboxylic acids is 1. The number of carbonyl (C=O) groups is 1. The Morgan fingerprint density at radius 3 is 2.92 bits per heavy atom. The molecule has 0 spiro atoms. The quantitative estimate of drug-likeness (QED) is 0.640. The molecule has 3 nitrogen and oxygen atoms in total. The highest BCUT2D eigenvalue weighted by Gasteiger charge is 2.28. The average Bonchev–Trinajstić information content (AvgIpc) is 2.88. The van der Waals surface area contributed by atoms with Crippen molar-refractivity contribution in [3.8, 4) is 0 Å². The third-order valence-electron chi connectivity index (χ3n) is 2.75. The van der Waals surface area contributed by atoms with E-state index in [0.717, 1.165) is 19.5 Å². The molecule has 1 aliphatic carbocycles. The summed E-state index contributed by atoms with van der Waals surface area (Å²) in [7, 11) is 0. The Balaban J connectivity index is 1.80. The van der Waals surface area contributed by atoms with E-state index in [1.54, 1.807) is 0 Å². The predicted molar refractivity (Wildman–Crippen MR) is 49.3 cm³/mol. The summed E-state index contributed by atoms with van der Waals surface area (Å²) in [5.41, 5.74) is 0. The van der Waals surface area contributed by atoms with Crippen LogP contribution in [-0.2, 0) is 9.53 Å². The van der Waals surface area contributed by atoms with Crippen LogP contribution in [0, 0.1) is 5.92 Å². The van der Waals surface area contributed by atoms with Gasteiger partial charge in [-0.05, 0) is 25.7 Å². The van der Waals surface area contributed by atoms with Gasteiger partial charge in [-0.1, -0.05) is 0 Å². The maximum atomic E-state index is 11.7. The number of rotatable bonds is 2. The minimum absolute atomic E-state index is 0.219. The first-order valence-corrected chi connectivity index (χ1v) is 5.15. The van der Waals surface area contributed by atoms with Crippen LogP contribution < -0.4 is 0 Å². The molecule has 0 N–H and O–H groups in total. The van der Waals surface area contributed by atoms with Crippen LogP contribution >= 0.6 is 0 Å². The van der Waals surface area contributed by atoms with Gasteiger partial charge in [0.2, 0.25) is 5.91 Å². The van der Waals surface area contributed by atoms with Crippen molar-refractivity contribution in [1.82, 2.24) is 4.90 Å². The molecule has 3 heteroatoms. The van der Waals surface area contributed by atoms with E-state index in [4.69, 9.17) is 4.74 Å². The van der Waals surface area contributed by atoms with Crippen LogP contribution in [0.4, 0.5) is 0 Å². The maximum absolute atomic E-state index is 11.7. The molecule has 1 saturated carbocycles. The number of hydrogen-bond donors (Lipinski definition) is 0. The van der Waals surface area contributed by atoms with Gasteiger partial charge < -0.3 is 9.64 Å². The molecule has 1 saturated heterocycles. The summed E-state index contributed by atoms with van der Waals surface area (Å²) in [6.45, 7) is 4.30. The summed E-state index contributed by atoms with van der Waals surface area (Å²) in [6.07, 6.45) is 3.50. The van der Waals surface area contributed by atoms with Crippen molar-refractivity contribution < 1.29 is 9.53 Å². The maximum Gasteiger partial charge on any atom is 0.223 e. The van der Waals surface area contributed by atoms with Crippen LogP contribution in [0.1, 0.15) is 26.2 Å². The first-order valence-electron chi connectivity index (χ1n) is 5.15. The number of nitrogens with zero attached hydrogens (tertiary/aromatic N) is 1. The Morgan fingerprint density at radius 2 is 2.31 bits per heavy atom. The summed E-state index contributed by atoms with van der Waals surface area (Å²) in [5.74, 6) is 1.03. The fourth-order valence-corrected chi connectivity index (χ4v) is 1.74. The Bertz CT molecular complexity index is 201. The van der Waals surface area contributed by atoms with Gasteiger partial charge in [-0.3, -0.25) is 4.79 Å². The summed E-state index contributed by atoms with van der Waals surface area (Å²) in [5, 5.41) is 0. The van der Waals surface area contributed by atoms with Crippen molar-refractivity contribution >= 4 is 5.91 Å². The van der Waals surface area contributed by atoms with Crippen molar-refractivity contribution in [2.75, 3.05) is 19.7 Å². The number of amides is 1. The lowest BCUT2D eigenvalue weighted by molar-refractivity contribution is -0.138. The lowest BCUT2D eigenvalue weighted by Gasteiger charge is -2.31. The monoisotopic (exact) mass is 183 g/mol. The molecule has 1 atom stereocenters. The van der Waals surface area contributed by atoms with E-state index in [2.05, 4.69) is 0 Å². The SMILES string of the molecule is C[C@H]1CN(C(=O)CC2CC2)CCO1. The van der Waals surface area contributed by atoms with Crippen molar-refractivity contribution in [2.45, 2.75) is 32.3 Å². The average molecular weight is 183 g/mol. The van der Waals surface area contributed by atoms with Gasteiger partial charge in [0, 0.05) is 19.5 Å². The van der Waals surface area contributed by atoms with E-state index >= 15 is 0 Å². The summed E-state index contributed by atoms with van der Waals surface area (Å²) in [4.78, 5) is 13.6. The van der Waals surface area contributed by atoms with E-state index in [-0.39, 0.29) is 6.10 Å². The van der Waals surface area contributed by atoms with Gasteiger partial charge in [0.25, 0.3) is 0 Å². The van der Waals surface area contributed by atoms with Gasteiger partial charge in [-0.15, -0.1) is 0 Å².